The summed E-state index contributed by atoms with van der Waals surface area (Å²) in [6.07, 6.45) is 0.609. The fraction of sp³-hybridized carbons (Fsp3) is 0.133. The molecule has 3 N–H and O–H groups in total. The first kappa shape index (κ1) is 14.6. The number of para-hydroxylation sites is 1. The lowest BCUT2D eigenvalue weighted by atomic mass is 10.0. The Morgan fingerprint density at radius 1 is 1.24 bits per heavy atom. The number of hydrogen-bond acceptors (Lipinski definition) is 4. The van der Waals surface area contributed by atoms with Gasteiger partial charge in [-0.15, -0.1) is 11.3 Å². The minimum Gasteiger partial charge on any atom is -0.271 e. The van der Waals surface area contributed by atoms with E-state index >= 15 is 0 Å². The van der Waals surface area contributed by atoms with Gasteiger partial charge in [0.15, 0.2) is 0 Å². The van der Waals surface area contributed by atoms with Gasteiger partial charge in [-0.1, -0.05) is 24.3 Å². The van der Waals surface area contributed by atoms with Crippen molar-refractivity contribution in [2.24, 2.45) is 5.84 Å². The summed E-state index contributed by atoms with van der Waals surface area (Å²) in [5.41, 5.74) is 4.52. The molecule has 0 bridgehead atoms. The molecule has 1 heterocycles. The lowest BCUT2D eigenvalue weighted by molar-refractivity contribution is 0.539. The number of rotatable bonds is 4. The van der Waals surface area contributed by atoms with Gasteiger partial charge in [-0.25, -0.2) is 9.37 Å². The van der Waals surface area contributed by atoms with Gasteiger partial charge in [-0.3, -0.25) is 11.3 Å². The molecule has 0 saturated heterocycles. The van der Waals surface area contributed by atoms with Gasteiger partial charge in [0.1, 0.15) is 5.82 Å². The quantitative estimate of drug-likeness (QED) is 0.543. The molecule has 0 amide bonds. The second-order valence-corrected chi connectivity index (χ2v) is 6.55. The fourth-order valence-electron chi connectivity index (χ4n) is 2.23. The van der Waals surface area contributed by atoms with Gasteiger partial charge in [-0.05, 0) is 39.7 Å². The summed E-state index contributed by atoms with van der Waals surface area (Å²) in [6, 6.07) is 12.7. The van der Waals surface area contributed by atoms with Crippen LogP contribution in [0, 0.1) is 5.82 Å². The molecule has 21 heavy (non-hydrogen) atoms. The van der Waals surface area contributed by atoms with Crippen LogP contribution in [0.5, 0.6) is 0 Å². The summed E-state index contributed by atoms with van der Waals surface area (Å²) in [7, 11) is 0. The predicted molar refractivity (Wildman–Crippen MR) is 87.5 cm³/mol. The average Bonchev–Trinajstić information content (AvgIpc) is 2.90. The topological polar surface area (TPSA) is 50.9 Å². The van der Waals surface area contributed by atoms with Gasteiger partial charge in [0, 0.05) is 6.42 Å². The van der Waals surface area contributed by atoms with Gasteiger partial charge < -0.3 is 0 Å². The lowest BCUT2D eigenvalue weighted by Gasteiger charge is -2.16. The van der Waals surface area contributed by atoms with Crippen LogP contribution in [-0.4, -0.2) is 4.98 Å². The zero-order chi connectivity index (χ0) is 14.8. The van der Waals surface area contributed by atoms with E-state index in [1.165, 1.54) is 6.07 Å². The van der Waals surface area contributed by atoms with Gasteiger partial charge in [0.2, 0.25) is 0 Å². The van der Waals surface area contributed by atoms with Crippen LogP contribution < -0.4 is 11.3 Å². The number of hydrogen-bond donors (Lipinski definition) is 2. The number of fused-ring (bicyclic) bond motifs is 1. The molecule has 2 aromatic carbocycles. The smallest absolute Gasteiger partial charge is 0.137 e. The van der Waals surface area contributed by atoms with Crippen molar-refractivity contribution < 1.29 is 4.39 Å². The summed E-state index contributed by atoms with van der Waals surface area (Å²) in [5.74, 6) is 5.36. The van der Waals surface area contributed by atoms with E-state index in [2.05, 4.69) is 26.3 Å². The third kappa shape index (κ3) is 2.98. The SMILES string of the molecule is NNC(Cc1nc2ccccc2s1)c1cccc(F)c1Br. The van der Waals surface area contributed by atoms with E-state index in [0.29, 0.717) is 10.9 Å². The number of nitrogens with zero attached hydrogens (tertiary/aromatic N) is 1. The molecule has 0 spiro atoms. The second-order valence-electron chi connectivity index (χ2n) is 4.64. The molecule has 6 heteroatoms. The van der Waals surface area contributed by atoms with E-state index in [9.17, 15) is 4.39 Å². The van der Waals surface area contributed by atoms with Crippen molar-refractivity contribution in [2.45, 2.75) is 12.5 Å². The van der Waals surface area contributed by atoms with Crippen LogP contribution in [0.4, 0.5) is 4.39 Å². The molecule has 1 aromatic heterocycles. The summed E-state index contributed by atoms with van der Waals surface area (Å²) in [6.45, 7) is 0. The second kappa shape index (κ2) is 6.19. The minimum atomic E-state index is -0.294. The molecular weight excluding hydrogens is 353 g/mol. The highest BCUT2D eigenvalue weighted by molar-refractivity contribution is 9.10. The molecule has 3 rings (SSSR count). The summed E-state index contributed by atoms with van der Waals surface area (Å²) in [4.78, 5) is 4.59. The zero-order valence-corrected chi connectivity index (χ0v) is 13.4. The third-order valence-electron chi connectivity index (χ3n) is 3.27. The summed E-state index contributed by atoms with van der Waals surface area (Å²) < 4.78 is 15.2. The molecule has 0 aliphatic rings. The van der Waals surface area contributed by atoms with Crippen molar-refractivity contribution in [1.82, 2.24) is 10.4 Å². The highest BCUT2D eigenvalue weighted by Crippen LogP contribution is 2.30. The Bertz CT molecular complexity index is 741. The summed E-state index contributed by atoms with van der Waals surface area (Å²) >= 11 is 4.91. The first-order valence-corrected chi connectivity index (χ1v) is 8.04. The van der Waals surface area contributed by atoms with Gasteiger partial charge in [-0.2, -0.15) is 0 Å². The normalized spacial score (nSPS) is 12.7. The molecule has 0 aliphatic heterocycles. The van der Waals surface area contributed by atoms with Crippen molar-refractivity contribution in [2.75, 3.05) is 0 Å². The maximum Gasteiger partial charge on any atom is 0.137 e. The highest BCUT2D eigenvalue weighted by Gasteiger charge is 2.17. The third-order valence-corrected chi connectivity index (χ3v) is 5.17. The molecular formula is C15H13BrFN3S. The number of thiazole rings is 1. The number of aromatic nitrogens is 1. The van der Waals surface area contributed by atoms with Crippen LogP contribution in [0.1, 0.15) is 16.6 Å². The van der Waals surface area contributed by atoms with E-state index in [1.54, 1.807) is 17.4 Å². The van der Waals surface area contributed by atoms with E-state index in [-0.39, 0.29) is 11.9 Å². The first-order chi connectivity index (χ1) is 10.2. The van der Waals surface area contributed by atoms with Crippen LogP contribution in [0.25, 0.3) is 10.2 Å². The van der Waals surface area contributed by atoms with Crippen LogP contribution >= 0.6 is 27.3 Å². The lowest BCUT2D eigenvalue weighted by Crippen LogP contribution is -2.30. The van der Waals surface area contributed by atoms with Crippen LogP contribution in [0.3, 0.4) is 0 Å². The average molecular weight is 366 g/mol. The van der Waals surface area contributed by atoms with E-state index < -0.39 is 0 Å². The fourth-order valence-corrected chi connectivity index (χ4v) is 3.78. The van der Waals surface area contributed by atoms with Gasteiger partial charge in [0.05, 0.1) is 25.7 Å². The van der Waals surface area contributed by atoms with Crippen molar-refractivity contribution in [3.63, 3.8) is 0 Å². The van der Waals surface area contributed by atoms with E-state index in [4.69, 9.17) is 5.84 Å². The Balaban J connectivity index is 1.92. The van der Waals surface area contributed by atoms with Gasteiger partial charge >= 0.3 is 0 Å². The molecule has 3 nitrogen and oxygen atoms in total. The maximum absolute atomic E-state index is 13.7. The Morgan fingerprint density at radius 2 is 2.05 bits per heavy atom. The maximum atomic E-state index is 13.7. The van der Waals surface area contributed by atoms with Crippen LogP contribution in [-0.2, 0) is 6.42 Å². The molecule has 108 valence electrons. The van der Waals surface area contributed by atoms with E-state index in [0.717, 1.165) is 20.8 Å². The molecule has 0 aliphatic carbocycles. The van der Waals surface area contributed by atoms with Crippen LogP contribution in [0.2, 0.25) is 0 Å². The first-order valence-electron chi connectivity index (χ1n) is 6.43. The number of hydrazine groups is 1. The highest BCUT2D eigenvalue weighted by atomic mass is 79.9. The Morgan fingerprint density at radius 3 is 2.81 bits per heavy atom. The predicted octanol–water partition coefficient (Wildman–Crippen LogP) is 3.95. The molecule has 1 atom stereocenters. The Labute approximate surface area is 134 Å². The number of nitrogens with one attached hydrogen (secondary N) is 1. The monoisotopic (exact) mass is 365 g/mol. The standard InChI is InChI=1S/C15H13BrFN3S/c16-15-9(4-3-5-10(15)17)12(20-18)8-14-19-11-6-1-2-7-13(11)21-14/h1-7,12,20H,8,18H2. The summed E-state index contributed by atoms with van der Waals surface area (Å²) in [5, 5.41) is 0.968. The van der Waals surface area contributed by atoms with Crippen molar-refractivity contribution >= 4 is 37.5 Å². The molecule has 1 unspecified atom stereocenters. The van der Waals surface area contributed by atoms with Crippen molar-refractivity contribution in [3.8, 4) is 0 Å². The number of nitrogens with two attached hydrogens (primary N) is 1. The Kier molecular flexibility index (Phi) is 4.30. The molecule has 0 fully saturated rings. The Hall–Kier alpha value is -1.34. The molecule has 0 saturated carbocycles. The van der Waals surface area contributed by atoms with Crippen LogP contribution in [0.15, 0.2) is 46.9 Å². The largest absolute Gasteiger partial charge is 0.271 e. The van der Waals surface area contributed by atoms with Gasteiger partial charge in [0.25, 0.3) is 0 Å². The van der Waals surface area contributed by atoms with Crippen molar-refractivity contribution in [3.05, 3.63) is 63.3 Å². The zero-order valence-electron chi connectivity index (χ0n) is 11.0. The minimum absolute atomic E-state index is 0.198. The number of benzene rings is 2. The molecule has 3 aromatic rings. The molecule has 0 radical (unpaired) electrons. The van der Waals surface area contributed by atoms with Crippen molar-refractivity contribution in [1.29, 1.82) is 0 Å². The number of halogens is 2. The van der Waals surface area contributed by atoms with E-state index in [1.807, 2.05) is 30.3 Å².